The molecule has 0 aromatic heterocycles. The molecule has 2 rings (SSSR count). The van der Waals surface area contributed by atoms with Crippen molar-refractivity contribution in [3.05, 3.63) is 61.4 Å². The summed E-state index contributed by atoms with van der Waals surface area (Å²) in [5, 5.41) is 29.9. The Morgan fingerprint density at radius 3 is 2.37 bits per heavy atom. The van der Waals surface area contributed by atoms with Crippen LogP contribution < -0.4 is 18.9 Å². The van der Waals surface area contributed by atoms with E-state index in [1.807, 2.05) is 39.8 Å². The molecule has 12 atom stereocenters. The van der Waals surface area contributed by atoms with Gasteiger partial charge >= 0.3 is 18.9 Å². The summed E-state index contributed by atoms with van der Waals surface area (Å²) in [4.78, 5) is 47.5. The summed E-state index contributed by atoms with van der Waals surface area (Å²) in [5.41, 5.74) is 1.97. The average molecular weight is 937 g/mol. The third kappa shape index (κ3) is 25.9. The normalized spacial score (nSPS) is 25.0. The van der Waals surface area contributed by atoms with Gasteiger partial charge in [0.1, 0.15) is 11.9 Å². The van der Waals surface area contributed by atoms with Crippen molar-refractivity contribution in [2.24, 2.45) is 35.5 Å². The molecule has 0 bridgehead atoms. The second-order valence-electron chi connectivity index (χ2n) is 19.0. The quantitative estimate of drug-likeness (QED) is 0.0130. The summed E-state index contributed by atoms with van der Waals surface area (Å²) in [6.07, 6.45) is 22.9. The van der Waals surface area contributed by atoms with Gasteiger partial charge in [0.2, 0.25) is 5.79 Å². The summed E-state index contributed by atoms with van der Waals surface area (Å²) in [7, 11) is 1.73. The van der Waals surface area contributed by atoms with Crippen LogP contribution in [0.1, 0.15) is 152 Å². The van der Waals surface area contributed by atoms with E-state index in [1.165, 1.54) is 6.29 Å². The first-order chi connectivity index (χ1) is 31.4. The predicted octanol–water partition coefficient (Wildman–Crippen LogP) is 6.35. The van der Waals surface area contributed by atoms with Crippen LogP contribution in [0, 0.1) is 48.9 Å². The summed E-state index contributed by atoms with van der Waals surface area (Å²) < 4.78 is 28.7. The number of aliphatic hydroxyl groups excluding tert-OH is 2. The Bertz CT molecular complexity index is 1500. The van der Waals surface area contributed by atoms with Crippen molar-refractivity contribution in [1.82, 2.24) is 0 Å². The molecular formula is C54H89LiO12-2. The Kier molecular flexibility index (Phi) is 35.3. The molecule has 0 spiro atoms. The van der Waals surface area contributed by atoms with Crippen molar-refractivity contribution in [3.63, 3.8) is 0 Å². The molecule has 0 aromatic carbocycles. The van der Waals surface area contributed by atoms with E-state index < -0.39 is 17.7 Å². The fourth-order valence-corrected chi connectivity index (χ4v) is 8.97. The molecule has 1 aliphatic heterocycles. The van der Waals surface area contributed by atoms with E-state index >= 15 is 0 Å². The van der Waals surface area contributed by atoms with Crippen molar-refractivity contribution in [3.8, 4) is 0 Å². The first-order valence-corrected chi connectivity index (χ1v) is 24.7. The molecular weight excluding hydrogens is 848 g/mol. The second kappa shape index (κ2) is 36.6. The average Bonchev–Trinajstić information content (AvgIpc) is 3.28. The number of carbonyl (C=O) groups is 3. The third-order valence-corrected chi connectivity index (χ3v) is 13.1. The van der Waals surface area contributed by atoms with Crippen LogP contribution in [-0.4, -0.2) is 109 Å². The van der Waals surface area contributed by atoms with Gasteiger partial charge < -0.3 is 55.5 Å². The standard InChI is InChI=1S/C39H68O8.C15H21O4.Li/c1-9-11-12-14-39(43)47-36(32(7)25-33-16-18-37(38(26-33)44-8)46-22-21-45-20-19-40)17-15-29(4)24-31(6)35(42)27-34(41)30(5)23-28(3)13-10-2;1-4-5-11(2)6-8-13-9-7-12(3)15(18,19-13)14(17)10-16;/h10,13-14,24,28-30,32-33,35-38,40,42H,1,9,11-12,15-23,25-27H2,2-8H3;4-5,12-13,18H,1,6-9H2,2-3H3;/q-2;-1;+1/b13-10+,31-24+;11-5+;/t28-,29+,30-,32-,33+,35+,36+,37-,38-;12-,13-,15-;/m11./s1. The fraction of sp³-hybridized carbons (Fsp3) is 0.741. The van der Waals surface area contributed by atoms with Crippen molar-refractivity contribution >= 4 is 23.8 Å². The fourth-order valence-electron chi connectivity index (χ4n) is 8.97. The topological polar surface area (TPSA) is 175 Å². The van der Waals surface area contributed by atoms with E-state index in [-0.39, 0.29) is 91.7 Å². The molecule has 3 N–H and O–H groups in total. The van der Waals surface area contributed by atoms with Crippen LogP contribution in [0.15, 0.2) is 48.1 Å². The second-order valence-corrected chi connectivity index (χ2v) is 19.0. The van der Waals surface area contributed by atoms with Crippen LogP contribution in [0.3, 0.4) is 0 Å². The zero-order chi connectivity index (χ0) is 49.7. The minimum absolute atomic E-state index is 0. The number of aliphatic hydroxyl groups is 3. The largest absolute Gasteiger partial charge is 1.00 e. The molecule has 12 nitrogen and oxygen atoms in total. The van der Waals surface area contributed by atoms with Gasteiger partial charge in [-0.05, 0) is 121 Å². The number of rotatable bonds is 32. The van der Waals surface area contributed by atoms with Gasteiger partial charge in [-0.3, -0.25) is 16.0 Å². The Hall–Kier alpha value is -2.37. The van der Waals surface area contributed by atoms with Crippen LogP contribution >= 0.6 is 0 Å². The van der Waals surface area contributed by atoms with Gasteiger partial charge in [0.05, 0.1) is 56.6 Å². The van der Waals surface area contributed by atoms with Crippen LogP contribution in [0.4, 0.5) is 0 Å². The van der Waals surface area contributed by atoms with Crippen LogP contribution in [0.25, 0.3) is 0 Å². The number of Topliss-reactive ketones (excluding diaryl/α,β-unsaturated/α-hetero) is 2. The zero-order valence-corrected chi connectivity index (χ0v) is 43.2. The minimum Gasteiger partial charge on any atom is -0.534 e. The summed E-state index contributed by atoms with van der Waals surface area (Å²) in [5.74, 6) is -2.58. The van der Waals surface area contributed by atoms with Crippen molar-refractivity contribution in [1.29, 1.82) is 0 Å². The minimum atomic E-state index is -2.00. The maximum atomic E-state index is 12.8. The first kappa shape index (κ1) is 64.6. The van der Waals surface area contributed by atoms with E-state index in [2.05, 4.69) is 46.4 Å². The smallest absolute Gasteiger partial charge is 0.534 e. The maximum absolute atomic E-state index is 12.8. The van der Waals surface area contributed by atoms with E-state index in [0.29, 0.717) is 50.9 Å². The third-order valence-electron chi connectivity index (χ3n) is 13.1. The molecule has 1 saturated carbocycles. The van der Waals surface area contributed by atoms with Gasteiger partial charge in [-0.2, -0.15) is 19.1 Å². The Labute approximate surface area is 417 Å². The Morgan fingerprint density at radius 2 is 1.75 bits per heavy atom. The van der Waals surface area contributed by atoms with Crippen LogP contribution in [0.2, 0.25) is 0 Å². The molecule has 1 saturated heterocycles. The molecule has 380 valence electrons. The number of unbranched alkanes of at least 4 members (excludes halogenated alkanes) is 2. The summed E-state index contributed by atoms with van der Waals surface area (Å²) >= 11 is 0. The van der Waals surface area contributed by atoms with Gasteiger partial charge in [-0.1, -0.05) is 77.2 Å². The zero-order valence-electron chi connectivity index (χ0n) is 43.2. The van der Waals surface area contributed by atoms with E-state index in [0.717, 1.165) is 81.8 Å². The Morgan fingerprint density at radius 1 is 1.03 bits per heavy atom. The number of carbonyl (C=O) groups excluding carboxylic acids is 4. The van der Waals surface area contributed by atoms with Gasteiger partial charge in [0.15, 0.2) is 5.97 Å². The van der Waals surface area contributed by atoms with Crippen molar-refractivity contribution in [2.75, 3.05) is 33.5 Å². The molecule has 2 fully saturated rings. The number of ether oxygens (including phenoxy) is 5. The molecule has 1 heterocycles. The van der Waals surface area contributed by atoms with Crippen LogP contribution in [0.5, 0.6) is 0 Å². The Balaban J connectivity index is 0.00000181. The molecule has 2 aliphatic rings. The van der Waals surface area contributed by atoms with Gasteiger partial charge in [0.25, 0.3) is 0 Å². The molecule has 1 aliphatic carbocycles. The first-order valence-electron chi connectivity index (χ1n) is 24.7. The number of hydrogen-bond donors (Lipinski definition) is 3. The van der Waals surface area contributed by atoms with Gasteiger partial charge in [-0.15, -0.1) is 6.42 Å². The molecule has 67 heavy (non-hydrogen) atoms. The van der Waals surface area contributed by atoms with Crippen LogP contribution in [-0.2, 0) is 42.9 Å². The number of ketones is 2. The number of allylic oxidation sites excluding steroid dienone is 6. The van der Waals surface area contributed by atoms with Gasteiger partial charge in [-0.25, -0.2) is 0 Å². The molecule has 0 radical (unpaired) electrons. The van der Waals surface area contributed by atoms with E-state index in [9.17, 15) is 29.4 Å². The maximum Gasteiger partial charge on any atom is 1.00 e. The number of hydrogen-bond acceptors (Lipinski definition) is 12. The van der Waals surface area contributed by atoms with Gasteiger partial charge in [0, 0.05) is 25.4 Å². The SMILES string of the molecule is C=C/C=C(\C)CC[C@@H]1CC[C@@H](C)[C@](O)(C(=O)[C-]=O)O1.[CH2-]CCC[CH-]C(=O)O[C@@H](CC[C@H](C)/C=C(\C)[C@@H](O)CC(=O)[C@H](C)C[C@H](C)/C=C/C)[C@H](C)C[C@@H]1CC[C@@H](OCCOCCO)[C@H](OC)C1.[Li+]. The summed E-state index contributed by atoms with van der Waals surface area (Å²) in [6.45, 7) is 24.7. The molecule has 0 unspecified atom stereocenters. The van der Waals surface area contributed by atoms with Crippen molar-refractivity contribution < 1.29 is 77.0 Å². The van der Waals surface area contributed by atoms with E-state index in [4.69, 9.17) is 28.8 Å². The van der Waals surface area contributed by atoms with Crippen molar-refractivity contribution in [2.45, 2.75) is 188 Å². The molecule has 13 heteroatoms. The molecule has 0 aromatic rings. The predicted molar refractivity (Wildman–Crippen MR) is 261 cm³/mol. The van der Waals surface area contributed by atoms with E-state index in [1.54, 1.807) is 26.5 Å². The number of methoxy groups -OCH3 is 1. The summed E-state index contributed by atoms with van der Waals surface area (Å²) in [6, 6.07) is 0. The molecule has 0 amide bonds. The number of esters is 1. The monoisotopic (exact) mass is 937 g/mol.